The molecule has 0 atom stereocenters. The van der Waals surface area contributed by atoms with Gasteiger partial charge in [0.1, 0.15) is 5.75 Å². The summed E-state index contributed by atoms with van der Waals surface area (Å²) in [7, 11) is 2.91. The van der Waals surface area contributed by atoms with E-state index < -0.39 is 5.97 Å². The normalized spacial score (nSPS) is 10.4. The molecule has 4 nitrogen and oxygen atoms in total. The molecule has 2 aromatic rings. The quantitative estimate of drug-likeness (QED) is 0.613. The van der Waals surface area contributed by atoms with E-state index in [2.05, 4.69) is 27.6 Å². The van der Waals surface area contributed by atoms with Crippen molar-refractivity contribution in [2.75, 3.05) is 14.2 Å². The van der Waals surface area contributed by atoms with Crippen molar-refractivity contribution >= 4 is 39.5 Å². The van der Waals surface area contributed by atoms with Gasteiger partial charge in [-0.1, -0.05) is 6.07 Å². The average Bonchev–Trinajstić information content (AvgIpc) is 2.40. The Morgan fingerprint density at radius 1 is 1.33 bits per heavy atom. The summed E-state index contributed by atoms with van der Waals surface area (Å²) in [6, 6.07) is 5.58. The van der Waals surface area contributed by atoms with E-state index >= 15 is 0 Å². The number of nitrogens with zero attached hydrogens (tertiary/aromatic N) is 1. The zero-order valence-corrected chi connectivity index (χ0v) is 12.4. The lowest BCUT2D eigenvalue weighted by molar-refractivity contribution is 0.0594. The van der Waals surface area contributed by atoms with E-state index in [1.165, 1.54) is 7.11 Å². The third kappa shape index (κ3) is 2.14. The van der Waals surface area contributed by atoms with Crippen LogP contribution in [0, 0.1) is 10.5 Å². The van der Waals surface area contributed by atoms with Crippen molar-refractivity contribution in [2.24, 2.45) is 0 Å². The van der Waals surface area contributed by atoms with Gasteiger partial charge in [0.25, 0.3) is 0 Å². The Hall–Kier alpha value is -1.37. The number of fused-ring (bicyclic) bond motifs is 1. The lowest BCUT2D eigenvalue weighted by atomic mass is 10.1. The summed E-state index contributed by atoms with van der Waals surface area (Å²) >= 11 is 2.23. The molecule has 0 aliphatic carbocycles. The zero-order chi connectivity index (χ0) is 13.3. The molecule has 1 aromatic carbocycles. The highest BCUT2D eigenvalue weighted by molar-refractivity contribution is 14.1. The molecule has 0 aliphatic rings. The highest BCUT2D eigenvalue weighted by Crippen LogP contribution is 2.31. The van der Waals surface area contributed by atoms with Gasteiger partial charge in [-0.15, -0.1) is 0 Å². The third-order valence-corrected chi connectivity index (χ3v) is 3.59. The number of rotatable bonds is 2. The molecule has 0 saturated heterocycles. The van der Waals surface area contributed by atoms with Crippen molar-refractivity contribution in [1.29, 1.82) is 0 Å². The van der Waals surface area contributed by atoms with E-state index in [-0.39, 0.29) is 5.69 Å². The lowest BCUT2D eigenvalue weighted by Crippen LogP contribution is -2.06. The molecule has 2 rings (SSSR count). The zero-order valence-electron chi connectivity index (χ0n) is 10.3. The van der Waals surface area contributed by atoms with Crippen molar-refractivity contribution in [1.82, 2.24) is 4.98 Å². The fraction of sp³-hybridized carbons (Fsp3) is 0.231. The number of ether oxygens (including phenoxy) is 2. The van der Waals surface area contributed by atoms with E-state index in [4.69, 9.17) is 9.47 Å². The maximum absolute atomic E-state index is 11.6. The Labute approximate surface area is 118 Å². The molecule has 1 aromatic heterocycles. The number of carbonyl (C=O) groups is 1. The van der Waals surface area contributed by atoms with Crippen molar-refractivity contribution in [3.63, 3.8) is 0 Å². The molecule has 94 valence electrons. The Morgan fingerprint density at radius 3 is 2.67 bits per heavy atom. The van der Waals surface area contributed by atoms with Gasteiger partial charge in [0.2, 0.25) is 0 Å². The van der Waals surface area contributed by atoms with Crippen LogP contribution in [-0.2, 0) is 4.74 Å². The minimum Gasteiger partial charge on any atom is -0.496 e. The van der Waals surface area contributed by atoms with Crippen molar-refractivity contribution in [3.8, 4) is 5.75 Å². The van der Waals surface area contributed by atoms with Crippen LogP contribution in [0.5, 0.6) is 5.75 Å². The van der Waals surface area contributed by atoms with Gasteiger partial charge in [0.05, 0.1) is 25.1 Å². The highest BCUT2D eigenvalue weighted by atomic mass is 127. The predicted octanol–water partition coefficient (Wildman–Crippen LogP) is 2.94. The molecule has 0 bridgehead atoms. The van der Waals surface area contributed by atoms with Crippen molar-refractivity contribution < 1.29 is 14.3 Å². The molecule has 0 radical (unpaired) electrons. The van der Waals surface area contributed by atoms with E-state index in [9.17, 15) is 4.79 Å². The molecule has 0 spiro atoms. The highest BCUT2D eigenvalue weighted by Gasteiger charge is 2.15. The molecule has 0 fully saturated rings. The first kappa shape index (κ1) is 13.1. The number of carbonyl (C=O) groups excluding carboxylic acids is 1. The SMILES string of the molecule is COC(=O)c1cc(OC)c2c(I)ccc(C)c2n1. The van der Waals surface area contributed by atoms with E-state index in [1.807, 2.05) is 19.1 Å². The monoisotopic (exact) mass is 357 g/mol. The number of aryl methyl sites for hydroxylation is 1. The fourth-order valence-electron chi connectivity index (χ4n) is 1.77. The molecule has 0 saturated carbocycles. The maximum Gasteiger partial charge on any atom is 0.356 e. The predicted molar refractivity (Wildman–Crippen MR) is 77.1 cm³/mol. The van der Waals surface area contributed by atoms with Crippen LogP contribution in [0.1, 0.15) is 16.1 Å². The first-order valence-electron chi connectivity index (χ1n) is 5.30. The summed E-state index contributed by atoms with van der Waals surface area (Å²) in [5, 5.41) is 0.922. The van der Waals surface area contributed by atoms with Crippen LogP contribution in [0.15, 0.2) is 18.2 Å². The minimum atomic E-state index is -0.464. The molecule has 0 unspecified atom stereocenters. The maximum atomic E-state index is 11.6. The number of hydrogen-bond donors (Lipinski definition) is 0. The summed E-state index contributed by atoms with van der Waals surface area (Å²) in [5.74, 6) is 0.168. The van der Waals surface area contributed by atoms with Gasteiger partial charge < -0.3 is 9.47 Å². The first-order valence-corrected chi connectivity index (χ1v) is 6.38. The molecular weight excluding hydrogens is 345 g/mol. The van der Waals surface area contributed by atoms with Gasteiger partial charge in [-0.05, 0) is 41.1 Å². The molecule has 18 heavy (non-hydrogen) atoms. The second-order valence-corrected chi connectivity index (χ2v) is 4.95. The van der Waals surface area contributed by atoms with Crippen LogP contribution < -0.4 is 4.74 Å². The van der Waals surface area contributed by atoms with Gasteiger partial charge in [-0.2, -0.15) is 0 Å². The van der Waals surface area contributed by atoms with E-state index in [0.717, 1.165) is 20.0 Å². The van der Waals surface area contributed by atoms with Gasteiger partial charge in [-0.25, -0.2) is 9.78 Å². The van der Waals surface area contributed by atoms with E-state index in [1.54, 1.807) is 13.2 Å². The van der Waals surface area contributed by atoms with E-state index in [0.29, 0.717) is 5.75 Å². The topological polar surface area (TPSA) is 48.4 Å². The summed E-state index contributed by atoms with van der Waals surface area (Å²) in [5.41, 5.74) is 2.02. The number of benzene rings is 1. The molecular formula is C13H12INO3. The number of hydrogen-bond acceptors (Lipinski definition) is 4. The van der Waals surface area contributed by atoms with Crippen LogP contribution in [0.25, 0.3) is 10.9 Å². The fourth-order valence-corrected chi connectivity index (χ4v) is 2.47. The van der Waals surface area contributed by atoms with Crippen LogP contribution >= 0.6 is 22.6 Å². The second kappa shape index (κ2) is 5.09. The van der Waals surface area contributed by atoms with Gasteiger partial charge >= 0.3 is 5.97 Å². The molecule has 0 aliphatic heterocycles. The van der Waals surface area contributed by atoms with Crippen LogP contribution in [0.2, 0.25) is 0 Å². The van der Waals surface area contributed by atoms with Gasteiger partial charge in [0, 0.05) is 9.64 Å². The summed E-state index contributed by atoms with van der Waals surface area (Å²) in [6.45, 7) is 1.95. The van der Waals surface area contributed by atoms with Crippen LogP contribution in [0.4, 0.5) is 0 Å². The van der Waals surface area contributed by atoms with Crippen LogP contribution in [0.3, 0.4) is 0 Å². The molecule has 5 heteroatoms. The van der Waals surface area contributed by atoms with Crippen LogP contribution in [-0.4, -0.2) is 25.2 Å². The Morgan fingerprint density at radius 2 is 2.06 bits per heavy atom. The van der Waals surface area contributed by atoms with Gasteiger partial charge in [0.15, 0.2) is 5.69 Å². The number of esters is 1. The Bertz CT molecular complexity index is 625. The summed E-state index contributed by atoms with van der Waals surface area (Å²) in [6.07, 6.45) is 0. The smallest absolute Gasteiger partial charge is 0.356 e. The lowest BCUT2D eigenvalue weighted by Gasteiger charge is -2.10. The number of pyridine rings is 1. The Balaban J connectivity index is 2.83. The first-order chi connectivity index (χ1) is 8.58. The standard InChI is InChI=1S/C13H12INO3/c1-7-4-5-8(14)11-10(17-2)6-9(13(16)18-3)15-12(7)11/h4-6H,1-3H3. The number of aromatic nitrogens is 1. The number of methoxy groups -OCH3 is 2. The average molecular weight is 357 g/mol. The molecule has 0 amide bonds. The second-order valence-electron chi connectivity index (χ2n) is 3.79. The molecule has 1 heterocycles. The largest absolute Gasteiger partial charge is 0.496 e. The third-order valence-electron chi connectivity index (χ3n) is 2.69. The number of halogens is 1. The van der Waals surface area contributed by atoms with Crippen molar-refractivity contribution in [3.05, 3.63) is 33.0 Å². The molecule has 0 N–H and O–H groups in total. The van der Waals surface area contributed by atoms with Crippen molar-refractivity contribution in [2.45, 2.75) is 6.92 Å². The Kier molecular flexibility index (Phi) is 3.70. The van der Waals surface area contributed by atoms with Gasteiger partial charge in [-0.3, -0.25) is 0 Å². The minimum absolute atomic E-state index is 0.256. The summed E-state index contributed by atoms with van der Waals surface area (Å²) in [4.78, 5) is 15.9. The summed E-state index contributed by atoms with van der Waals surface area (Å²) < 4.78 is 11.1.